The summed E-state index contributed by atoms with van der Waals surface area (Å²) in [5.41, 5.74) is 3.19. The molecule has 3 aromatic carbocycles. The van der Waals surface area contributed by atoms with E-state index in [0.29, 0.717) is 37.8 Å². The number of benzene rings is 3. The van der Waals surface area contributed by atoms with Crippen LogP contribution in [0.5, 0.6) is 11.5 Å². The van der Waals surface area contributed by atoms with Gasteiger partial charge < -0.3 is 9.84 Å². The first-order chi connectivity index (χ1) is 26.8. The van der Waals surface area contributed by atoms with Crippen molar-refractivity contribution in [2.75, 3.05) is 16.9 Å². The third-order valence-corrected chi connectivity index (χ3v) is 14.8. The average molecular weight is 899 g/mol. The SMILES string of the molecule is C=Cc1ccc(N2C(=O)C3CC=C4C(CC5C(=O)N(c6cc(-c7sc8ccc(Cl)cc8c7C)nn6C)C(=O)C5(C)C4c4cc(I)c(O)c(OC)c4)C3C2=O)cc1. The predicted octanol–water partition coefficient (Wildman–Crippen LogP) is 8.66. The molecule has 284 valence electrons. The van der Waals surface area contributed by atoms with Gasteiger partial charge in [0, 0.05) is 28.8 Å². The number of hydrogen-bond donors (Lipinski definition) is 1. The monoisotopic (exact) mass is 898 g/mol. The number of carbonyl (C=O) groups excluding carboxylic acids is 4. The normalized spacial score (nSPS) is 25.8. The molecule has 1 saturated carbocycles. The summed E-state index contributed by atoms with van der Waals surface area (Å²) in [5.74, 6) is -4.17. The molecule has 2 aromatic heterocycles. The minimum absolute atomic E-state index is 0.0325. The lowest BCUT2D eigenvalue weighted by Crippen LogP contribution is -2.49. The Labute approximate surface area is 345 Å². The Morgan fingerprint density at radius 2 is 1.77 bits per heavy atom. The van der Waals surface area contributed by atoms with Crippen molar-refractivity contribution in [2.24, 2.45) is 36.1 Å². The van der Waals surface area contributed by atoms with Crippen molar-refractivity contribution in [3.63, 3.8) is 0 Å². The summed E-state index contributed by atoms with van der Waals surface area (Å²) in [6, 6.07) is 18.2. The first kappa shape index (κ1) is 36.8. The molecule has 5 aromatic rings. The number of nitrogens with zero attached hydrogens (tertiary/aromatic N) is 4. The number of hydrogen-bond acceptors (Lipinski definition) is 8. The quantitative estimate of drug-likeness (QED) is 0.103. The highest BCUT2D eigenvalue weighted by Gasteiger charge is 2.68. The van der Waals surface area contributed by atoms with Gasteiger partial charge in [-0.15, -0.1) is 11.3 Å². The molecule has 4 heterocycles. The number of thiophene rings is 1. The van der Waals surface area contributed by atoms with Gasteiger partial charge in [-0.05, 0) is 120 Å². The van der Waals surface area contributed by atoms with Crippen LogP contribution in [0.3, 0.4) is 0 Å². The second-order valence-corrected chi connectivity index (χ2v) is 17.9. The molecule has 0 radical (unpaired) electrons. The fourth-order valence-electron chi connectivity index (χ4n) is 9.76. The van der Waals surface area contributed by atoms with Gasteiger partial charge in [0.2, 0.25) is 23.6 Å². The first-order valence-electron chi connectivity index (χ1n) is 18.3. The minimum Gasteiger partial charge on any atom is -0.504 e. The lowest BCUT2D eigenvalue weighted by molar-refractivity contribution is -0.131. The van der Waals surface area contributed by atoms with E-state index in [1.165, 1.54) is 16.9 Å². The number of anilines is 2. The van der Waals surface area contributed by atoms with Crippen LogP contribution in [-0.2, 0) is 26.2 Å². The van der Waals surface area contributed by atoms with Crippen LogP contribution in [0, 0.1) is 39.6 Å². The van der Waals surface area contributed by atoms with Crippen LogP contribution >= 0.6 is 45.5 Å². The van der Waals surface area contributed by atoms with Crippen molar-refractivity contribution in [3.05, 3.63) is 104 Å². The second-order valence-electron chi connectivity index (χ2n) is 15.2. The fraction of sp³-hybridized carbons (Fsp3) is 0.279. The largest absolute Gasteiger partial charge is 0.504 e. The summed E-state index contributed by atoms with van der Waals surface area (Å²) in [5, 5.41) is 17.3. The number of aryl methyl sites for hydroxylation is 2. The van der Waals surface area contributed by atoms with Crippen LogP contribution in [0.4, 0.5) is 11.5 Å². The third kappa shape index (κ3) is 5.14. The Kier molecular flexibility index (Phi) is 8.64. The van der Waals surface area contributed by atoms with E-state index >= 15 is 4.79 Å². The van der Waals surface area contributed by atoms with Gasteiger partial charge in [-0.25, -0.2) is 4.90 Å². The van der Waals surface area contributed by atoms with Gasteiger partial charge in [-0.1, -0.05) is 48.0 Å². The number of methoxy groups -OCH3 is 1. The maximum atomic E-state index is 15.2. The molecule has 0 spiro atoms. The van der Waals surface area contributed by atoms with Crippen LogP contribution in [0.2, 0.25) is 5.02 Å². The molecule has 2 aliphatic heterocycles. The number of aromatic nitrogens is 2. The molecule has 4 aliphatic rings. The summed E-state index contributed by atoms with van der Waals surface area (Å²) in [6.45, 7) is 7.65. The fourth-order valence-corrected chi connectivity index (χ4v) is 11.7. The Morgan fingerprint density at radius 1 is 1.02 bits per heavy atom. The van der Waals surface area contributed by atoms with Gasteiger partial charge in [-0.2, -0.15) is 5.10 Å². The average Bonchev–Trinajstić information content (AvgIpc) is 3.86. The molecule has 10 nitrogen and oxygen atoms in total. The summed E-state index contributed by atoms with van der Waals surface area (Å²) >= 11 is 9.93. The molecule has 2 saturated heterocycles. The van der Waals surface area contributed by atoms with Crippen molar-refractivity contribution in [1.82, 2.24) is 9.78 Å². The number of fused-ring (bicyclic) bond motifs is 5. The van der Waals surface area contributed by atoms with Gasteiger partial charge in [-0.3, -0.25) is 28.8 Å². The van der Waals surface area contributed by atoms with Gasteiger partial charge in [0.15, 0.2) is 11.5 Å². The third-order valence-electron chi connectivity index (χ3n) is 12.5. The number of imide groups is 2. The molecule has 6 atom stereocenters. The van der Waals surface area contributed by atoms with E-state index < -0.39 is 35.0 Å². The van der Waals surface area contributed by atoms with E-state index in [2.05, 4.69) is 6.58 Å². The van der Waals surface area contributed by atoms with Gasteiger partial charge in [0.05, 0.1) is 44.4 Å². The molecule has 3 fully saturated rings. The predicted molar refractivity (Wildman–Crippen MR) is 225 cm³/mol. The van der Waals surface area contributed by atoms with Crippen molar-refractivity contribution < 1.29 is 29.0 Å². The minimum atomic E-state index is -1.29. The molecular formula is C43H36ClIN4O6S. The standard InChI is InChI=1S/C43H36ClIN4O6S/c1-6-21-7-10-24(11-8-21)48-39(51)26-13-12-25-28(35(26)41(48)53)18-29-40(52)49(42(54)43(29,3)36(25)22-15-30(45)37(50)32(16-22)55-5)34-19-31(46-47(34)4)38-20(2)27-17-23(44)9-14-33(27)56-38/h6-12,14-17,19,26,28-29,35-36,50H,1,13,18H2,2-5H3. The number of rotatable bonds is 6. The zero-order valence-electron chi connectivity index (χ0n) is 30.9. The summed E-state index contributed by atoms with van der Waals surface area (Å²) < 4.78 is 8.72. The highest BCUT2D eigenvalue weighted by atomic mass is 127. The number of phenols is 1. The molecule has 1 N–H and O–H groups in total. The van der Waals surface area contributed by atoms with Crippen LogP contribution in [0.25, 0.3) is 26.7 Å². The molecular weight excluding hydrogens is 863 g/mol. The Morgan fingerprint density at radius 3 is 2.48 bits per heavy atom. The van der Waals surface area contributed by atoms with Crippen LogP contribution in [0.1, 0.15) is 42.4 Å². The van der Waals surface area contributed by atoms with E-state index in [1.54, 1.807) is 53.4 Å². The molecule has 6 unspecified atom stereocenters. The van der Waals surface area contributed by atoms with E-state index in [-0.39, 0.29) is 41.5 Å². The molecule has 9 rings (SSSR count). The Balaban J connectivity index is 1.16. The molecule has 0 bridgehead atoms. The lowest BCUT2D eigenvalue weighted by atomic mass is 9.51. The van der Waals surface area contributed by atoms with E-state index in [4.69, 9.17) is 21.4 Å². The topological polar surface area (TPSA) is 122 Å². The number of carbonyl (C=O) groups is 4. The number of allylic oxidation sites excluding steroid dienone is 2. The number of halogens is 2. The smallest absolute Gasteiger partial charge is 0.242 e. The highest BCUT2D eigenvalue weighted by molar-refractivity contribution is 14.1. The highest BCUT2D eigenvalue weighted by Crippen LogP contribution is 2.64. The Bertz CT molecular complexity index is 2610. The lowest BCUT2D eigenvalue weighted by Gasteiger charge is -2.49. The van der Waals surface area contributed by atoms with Crippen LogP contribution in [0.15, 0.2) is 78.9 Å². The maximum Gasteiger partial charge on any atom is 0.242 e. The maximum absolute atomic E-state index is 15.2. The molecule has 4 amide bonds. The molecule has 56 heavy (non-hydrogen) atoms. The molecule has 2 aliphatic carbocycles. The summed E-state index contributed by atoms with van der Waals surface area (Å²) in [6.07, 6.45) is 4.22. The van der Waals surface area contributed by atoms with E-state index in [1.807, 2.05) is 78.9 Å². The number of ether oxygens (including phenoxy) is 1. The first-order valence-corrected chi connectivity index (χ1v) is 20.5. The number of phenolic OH excluding ortho intramolecular Hbond substituents is 1. The van der Waals surface area contributed by atoms with Crippen molar-refractivity contribution in [1.29, 1.82) is 0 Å². The zero-order valence-corrected chi connectivity index (χ0v) is 34.6. The van der Waals surface area contributed by atoms with Gasteiger partial charge in [0.1, 0.15) is 11.5 Å². The summed E-state index contributed by atoms with van der Waals surface area (Å²) in [7, 11) is 3.19. The van der Waals surface area contributed by atoms with Crippen molar-refractivity contribution in [3.8, 4) is 22.1 Å². The Hall–Kier alpha value is -4.79. The van der Waals surface area contributed by atoms with E-state index in [0.717, 1.165) is 31.7 Å². The van der Waals surface area contributed by atoms with E-state index in [9.17, 15) is 19.5 Å². The van der Waals surface area contributed by atoms with Crippen molar-refractivity contribution in [2.45, 2.75) is 32.6 Å². The number of aromatic hydroxyl groups is 1. The summed E-state index contributed by atoms with van der Waals surface area (Å²) in [4.78, 5) is 62.2. The second kappa shape index (κ2) is 13.1. The number of amides is 4. The van der Waals surface area contributed by atoms with Crippen LogP contribution < -0.4 is 14.5 Å². The molecule has 13 heteroatoms. The van der Waals surface area contributed by atoms with Gasteiger partial charge >= 0.3 is 0 Å². The van der Waals surface area contributed by atoms with Crippen molar-refractivity contribution >= 4 is 96.8 Å². The zero-order chi connectivity index (χ0) is 39.5. The van der Waals surface area contributed by atoms with Gasteiger partial charge in [0.25, 0.3) is 0 Å². The van der Waals surface area contributed by atoms with Crippen LogP contribution in [-0.4, -0.2) is 45.6 Å².